The van der Waals surface area contributed by atoms with E-state index in [1.807, 2.05) is 0 Å². The van der Waals surface area contributed by atoms with Crippen LogP contribution in [0.3, 0.4) is 0 Å². The molecule has 152 valence electrons. The molecule has 0 aliphatic heterocycles. The second kappa shape index (κ2) is 9.61. The minimum absolute atomic E-state index is 0.0229. The first kappa shape index (κ1) is 20.9. The van der Waals surface area contributed by atoms with Crippen molar-refractivity contribution in [2.24, 2.45) is 5.10 Å². The fraction of sp³-hybridized carbons (Fsp3) is 0.0500. The first-order chi connectivity index (χ1) is 14.4. The highest BCUT2D eigenvalue weighted by Gasteiger charge is 2.13. The van der Waals surface area contributed by atoms with Crippen molar-refractivity contribution < 1.29 is 19.6 Å². The number of ether oxygens (including phenoxy) is 1. The van der Waals surface area contributed by atoms with Crippen LogP contribution in [-0.4, -0.2) is 27.2 Å². The normalized spacial score (nSPS) is 10.7. The molecular weight excluding hydrogens is 456 g/mol. The zero-order chi connectivity index (χ0) is 21.5. The number of nitrogens with zero attached hydrogens (tertiary/aromatic N) is 3. The van der Waals surface area contributed by atoms with Crippen LogP contribution in [0.4, 0.5) is 11.5 Å². The van der Waals surface area contributed by atoms with Gasteiger partial charge in [0.15, 0.2) is 0 Å². The number of nitro groups is 1. The minimum atomic E-state index is -0.991. The number of benzene rings is 2. The molecule has 0 saturated carbocycles. The molecule has 1 heterocycles. The summed E-state index contributed by atoms with van der Waals surface area (Å²) in [4.78, 5) is 25.3. The van der Waals surface area contributed by atoms with Gasteiger partial charge in [0.25, 0.3) is 0 Å². The van der Waals surface area contributed by atoms with Gasteiger partial charge < -0.3 is 9.84 Å². The first-order valence-electron chi connectivity index (χ1n) is 8.57. The number of hydrogen-bond donors (Lipinski definition) is 2. The molecule has 10 heteroatoms. The number of hydrazone groups is 1. The SMILES string of the molecule is O=C(O)c1ccc(COc2ccc(Br)cc2/C=N\Nc2ncccc2[N+](=O)[O-])cc1. The van der Waals surface area contributed by atoms with Gasteiger partial charge in [0.05, 0.1) is 16.7 Å². The number of carboxylic acids is 1. The van der Waals surface area contributed by atoms with Crippen molar-refractivity contribution in [3.8, 4) is 5.75 Å². The summed E-state index contributed by atoms with van der Waals surface area (Å²) in [6, 6.07) is 14.5. The van der Waals surface area contributed by atoms with Crippen LogP contribution >= 0.6 is 15.9 Å². The molecular formula is C20H15BrN4O5. The van der Waals surface area contributed by atoms with Gasteiger partial charge in [-0.3, -0.25) is 15.5 Å². The number of nitrogens with one attached hydrogen (secondary N) is 1. The Labute approximate surface area is 179 Å². The molecule has 0 amide bonds. The van der Waals surface area contributed by atoms with Crippen molar-refractivity contribution in [2.75, 3.05) is 5.43 Å². The third-order valence-electron chi connectivity index (χ3n) is 3.92. The number of halogens is 1. The van der Waals surface area contributed by atoms with Crippen molar-refractivity contribution in [3.05, 3.63) is 92.1 Å². The van der Waals surface area contributed by atoms with Gasteiger partial charge >= 0.3 is 11.7 Å². The molecule has 30 heavy (non-hydrogen) atoms. The highest BCUT2D eigenvalue weighted by molar-refractivity contribution is 9.10. The van der Waals surface area contributed by atoms with Crippen LogP contribution in [0.25, 0.3) is 0 Å². The standard InChI is InChI=1S/C20H15BrN4O5/c21-16-7-8-18(30-12-13-3-5-14(6-4-13)20(26)27)15(10-16)11-23-24-19-17(25(28)29)2-1-9-22-19/h1-11H,12H2,(H,22,24)(H,26,27)/b23-11-. The van der Waals surface area contributed by atoms with Crippen molar-refractivity contribution in [2.45, 2.75) is 6.61 Å². The number of carbonyl (C=O) groups is 1. The maximum absolute atomic E-state index is 11.0. The molecule has 3 rings (SSSR count). The van der Waals surface area contributed by atoms with Crippen molar-refractivity contribution in [3.63, 3.8) is 0 Å². The van der Waals surface area contributed by atoms with Gasteiger partial charge in [-0.25, -0.2) is 9.78 Å². The number of rotatable bonds is 8. The molecule has 0 aliphatic rings. The van der Waals surface area contributed by atoms with Crippen molar-refractivity contribution in [1.29, 1.82) is 0 Å². The van der Waals surface area contributed by atoms with Crippen LogP contribution in [-0.2, 0) is 6.61 Å². The Morgan fingerprint density at radius 2 is 2.03 bits per heavy atom. The molecule has 0 aliphatic carbocycles. The molecule has 0 bridgehead atoms. The van der Waals surface area contributed by atoms with E-state index in [4.69, 9.17) is 9.84 Å². The Bertz CT molecular complexity index is 1100. The van der Waals surface area contributed by atoms with Gasteiger partial charge in [-0.15, -0.1) is 0 Å². The topological polar surface area (TPSA) is 127 Å². The van der Waals surface area contributed by atoms with E-state index in [0.717, 1.165) is 10.0 Å². The van der Waals surface area contributed by atoms with Gasteiger partial charge in [-0.1, -0.05) is 28.1 Å². The summed E-state index contributed by atoms with van der Waals surface area (Å²) in [5, 5.41) is 24.0. The van der Waals surface area contributed by atoms with E-state index in [1.165, 1.54) is 36.7 Å². The molecule has 0 saturated heterocycles. The molecule has 0 unspecified atom stereocenters. The first-order valence-corrected chi connectivity index (χ1v) is 9.36. The predicted molar refractivity (Wildman–Crippen MR) is 114 cm³/mol. The van der Waals surface area contributed by atoms with Crippen LogP contribution in [0.15, 0.2) is 70.4 Å². The third kappa shape index (κ3) is 5.39. The average molecular weight is 471 g/mol. The van der Waals surface area contributed by atoms with Gasteiger partial charge in [-0.2, -0.15) is 5.10 Å². The fourth-order valence-corrected chi connectivity index (χ4v) is 2.83. The zero-order valence-electron chi connectivity index (χ0n) is 15.4. The summed E-state index contributed by atoms with van der Waals surface area (Å²) in [7, 11) is 0. The van der Waals surface area contributed by atoms with Crippen LogP contribution in [0.5, 0.6) is 5.75 Å². The Hall–Kier alpha value is -3.79. The van der Waals surface area contributed by atoms with Crippen molar-refractivity contribution in [1.82, 2.24) is 4.98 Å². The van der Waals surface area contributed by atoms with E-state index in [2.05, 4.69) is 31.4 Å². The van der Waals surface area contributed by atoms with Crippen molar-refractivity contribution >= 4 is 39.6 Å². The smallest absolute Gasteiger partial charge is 0.335 e. The highest BCUT2D eigenvalue weighted by atomic mass is 79.9. The second-order valence-electron chi connectivity index (χ2n) is 5.97. The number of pyridine rings is 1. The Morgan fingerprint density at radius 1 is 1.27 bits per heavy atom. The van der Waals surface area contributed by atoms with Crippen LogP contribution in [0.2, 0.25) is 0 Å². The summed E-state index contributed by atoms with van der Waals surface area (Å²) < 4.78 is 6.63. The van der Waals surface area contributed by atoms with Crippen LogP contribution in [0.1, 0.15) is 21.5 Å². The Balaban J connectivity index is 1.73. The maximum atomic E-state index is 11.0. The summed E-state index contributed by atoms with van der Waals surface area (Å²) in [6.07, 6.45) is 2.89. The number of aromatic carboxylic acids is 1. The molecule has 2 N–H and O–H groups in total. The maximum Gasteiger partial charge on any atom is 0.335 e. The molecule has 0 spiro atoms. The monoisotopic (exact) mass is 470 g/mol. The lowest BCUT2D eigenvalue weighted by Crippen LogP contribution is -2.02. The Morgan fingerprint density at radius 3 is 2.73 bits per heavy atom. The number of aromatic nitrogens is 1. The van der Waals surface area contributed by atoms with Gasteiger partial charge in [0.1, 0.15) is 12.4 Å². The largest absolute Gasteiger partial charge is 0.488 e. The lowest BCUT2D eigenvalue weighted by molar-refractivity contribution is -0.384. The molecule has 1 aromatic heterocycles. The molecule has 0 atom stereocenters. The van der Waals surface area contributed by atoms with E-state index in [0.29, 0.717) is 11.3 Å². The van der Waals surface area contributed by atoms with E-state index in [1.54, 1.807) is 30.3 Å². The van der Waals surface area contributed by atoms with Gasteiger partial charge in [-0.05, 0) is 42.0 Å². The molecule has 3 aromatic rings. The Kier molecular flexibility index (Phi) is 6.71. The van der Waals surface area contributed by atoms with E-state index < -0.39 is 10.9 Å². The number of hydrogen-bond acceptors (Lipinski definition) is 7. The summed E-state index contributed by atoms with van der Waals surface area (Å²) in [5.74, 6) is -0.439. The average Bonchev–Trinajstić information content (AvgIpc) is 2.73. The molecule has 9 nitrogen and oxygen atoms in total. The number of carboxylic acid groups (broad SMARTS) is 1. The zero-order valence-corrected chi connectivity index (χ0v) is 16.9. The van der Waals surface area contributed by atoms with Crippen LogP contribution < -0.4 is 10.2 Å². The third-order valence-corrected chi connectivity index (χ3v) is 4.42. The predicted octanol–water partition coefficient (Wildman–Crippen LogP) is 4.48. The highest BCUT2D eigenvalue weighted by Crippen LogP contribution is 2.24. The lowest BCUT2D eigenvalue weighted by atomic mass is 10.1. The van der Waals surface area contributed by atoms with E-state index in [9.17, 15) is 14.9 Å². The number of anilines is 1. The van der Waals surface area contributed by atoms with Crippen LogP contribution in [0, 0.1) is 10.1 Å². The summed E-state index contributed by atoms with van der Waals surface area (Å²) in [6.45, 7) is 0.224. The van der Waals surface area contributed by atoms with E-state index in [-0.39, 0.29) is 23.7 Å². The summed E-state index contributed by atoms with van der Waals surface area (Å²) in [5.41, 5.74) is 4.00. The lowest BCUT2D eigenvalue weighted by Gasteiger charge is -2.10. The quantitative estimate of drug-likeness (QED) is 0.282. The molecule has 0 fully saturated rings. The molecule has 0 radical (unpaired) electrons. The van der Waals surface area contributed by atoms with E-state index >= 15 is 0 Å². The van der Waals surface area contributed by atoms with Gasteiger partial charge in [0, 0.05) is 22.3 Å². The van der Waals surface area contributed by atoms with Gasteiger partial charge in [0.2, 0.25) is 5.82 Å². The second-order valence-corrected chi connectivity index (χ2v) is 6.89. The molecule has 2 aromatic carbocycles. The minimum Gasteiger partial charge on any atom is -0.488 e. The summed E-state index contributed by atoms with van der Waals surface area (Å²) >= 11 is 3.39. The fourth-order valence-electron chi connectivity index (χ4n) is 2.45.